The summed E-state index contributed by atoms with van der Waals surface area (Å²) in [5, 5.41) is 0. The van der Waals surface area contributed by atoms with Crippen LogP contribution in [0.15, 0.2) is 23.3 Å². The Kier molecular flexibility index (Phi) is 2.78. The van der Waals surface area contributed by atoms with Crippen molar-refractivity contribution >= 4 is 11.9 Å². The standard InChI is InChI=1S/C7H6N2.C2H6/c1-2-6-7(8-4-1)3-5-9-6;1-2/h1-2,4-5H,3H2;1-2H3. The van der Waals surface area contributed by atoms with Crippen LogP contribution in [0, 0.1) is 0 Å². The minimum atomic E-state index is 0.899. The summed E-state index contributed by atoms with van der Waals surface area (Å²) in [7, 11) is 0. The van der Waals surface area contributed by atoms with Crippen molar-refractivity contribution in [2.75, 3.05) is 0 Å². The van der Waals surface area contributed by atoms with Gasteiger partial charge in [-0.25, -0.2) is 0 Å². The summed E-state index contributed by atoms with van der Waals surface area (Å²) < 4.78 is 0. The Morgan fingerprint density at radius 3 is 2.91 bits per heavy atom. The minimum Gasteiger partial charge on any atom is -0.259 e. The molecule has 0 unspecified atom stereocenters. The van der Waals surface area contributed by atoms with Gasteiger partial charge in [0.15, 0.2) is 0 Å². The molecule has 2 rings (SSSR count). The molecule has 0 amide bonds. The Balaban J connectivity index is 0.000000281. The molecule has 11 heavy (non-hydrogen) atoms. The SMILES string of the molecule is C1=Nc2cccnc2C1.CC. The fourth-order valence-corrected chi connectivity index (χ4v) is 0.935. The molecule has 0 aromatic carbocycles. The number of rotatable bonds is 0. The highest BCUT2D eigenvalue weighted by atomic mass is 14.8. The van der Waals surface area contributed by atoms with Crippen LogP contribution in [0.2, 0.25) is 0 Å². The van der Waals surface area contributed by atoms with E-state index in [0.29, 0.717) is 0 Å². The third kappa shape index (κ3) is 1.64. The molecular weight excluding hydrogens is 136 g/mol. The van der Waals surface area contributed by atoms with E-state index in [1.807, 2.05) is 32.2 Å². The molecule has 58 valence electrons. The van der Waals surface area contributed by atoms with Gasteiger partial charge in [0.2, 0.25) is 0 Å². The Labute approximate surface area is 67.0 Å². The first-order chi connectivity index (χ1) is 5.47. The molecule has 1 aromatic rings. The van der Waals surface area contributed by atoms with Gasteiger partial charge in [0.25, 0.3) is 0 Å². The lowest BCUT2D eigenvalue weighted by Gasteiger charge is -1.90. The fraction of sp³-hybridized carbons (Fsp3) is 0.333. The lowest BCUT2D eigenvalue weighted by Crippen LogP contribution is -1.81. The van der Waals surface area contributed by atoms with E-state index in [-0.39, 0.29) is 0 Å². The van der Waals surface area contributed by atoms with Gasteiger partial charge < -0.3 is 0 Å². The number of hydrogen-bond acceptors (Lipinski definition) is 2. The molecule has 0 aliphatic carbocycles. The van der Waals surface area contributed by atoms with Gasteiger partial charge in [-0.3, -0.25) is 9.98 Å². The summed E-state index contributed by atoms with van der Waals surface area (Å²) in [6.45, 7) is 4.00. The maximum atomic E-state index is 4.13. The monoisotopic (exact) mass is 148 g/mol. The fourth-order valence-electron chi connectivity index (χ4n) is 0.935. The van der Waals surface area contributed by atoms with Crippen molar-refractivity contribution in [1.29, 1.82) is 0 Å². The Hall–Kier alpha value is -1.18. The maximum absolute atomic E-state index is 4.13. The zero-order valence-corrected chi connectivity index (χ0v) is 6.91. The summed E-state index contributed by atoms with van der Waals surface area (Å²) >= 11 is 0. The first-order valence-electron chi connectivity index (χ1n) is 3.93. The molecule has 1 aliphatic rings. The van der Waals surface area contributed by atoms with Crippen LogP contribution < -0.4 is 0 Å². The minimum absolute atomic E-state index is 0.899. The molecule has 0 atom stereocenters. The van der Waals surface area contributed by atoms with Crippen LogP contribution in [0.4, 0.5) is 5.69 Å². The van der Waals surface area contributed by atoms with Gasteiger partial charge in [-0.15, -0.1) is 0 Å². The van der Waals surface area contributed by atoms with Crippen LogP contribution in [-0.2, 0) is 6.42 Å². The van der Waals surface area contributed by atoms with Crippen LogP contribution in [0.1, 0.15) is 19.5 Å². The van der Waals surface area contributed by atoms with Crippen LogP contribution in [-0.4, -0.2) is 11.2 Å². The first kappa shape index (κ1) is 7.92. The molecule has 1 aromatic heterocycles. The molecule has 2 heterocycles. The second-order valence-electron chi connectivity index (χ2n) is 1.99. The van der Waals surface area contributed by atoms with Gasteiger partial charge in [0.05, 0.1) is 11.4 Å². The molecule has 1 aliphatic heterocycles. The van der Waals surface area contributed by atoms with Crippen molar-refractivity contribution < 1.29 is 0 Å². The summed E-state index contributed by atoms with van der Waals surface area (Å²) in [5.74, 6) is 0. The van der Waals surface area contributed by atoms with Crippen LogP contribution in [0.25, 0.3) is 0 Å². The van der Waals surface area contributed by atoms with E-state index in [0.717, 1.165) is 17.8 Å². The highest BCUT2D eigenvalue weighted by Crippen LogP contribution is 2.19. The van der Waals surface area contributed by atoms with Gasteiger partial charge in [-0.1, -0.05) is 13.8 Å². The zero-order valence-electron chi connectivity index (χ0n) is 6.91. The van der Waals surface area contributed by atoms with Crippen molar-refractivity contribution in [3.05, 3.63) is 24.0 Å². The summed E-state index contributed by atoms with van der Waals surface area (Å²) in [4.78, 5) is 8.25. The molecule has 0 radical (unpaired) electrons. The second-order valence-corrected chi connectivity index (χ2v) is 1.99. The molecular formula is C9H12N2. The number of fused-ring (bicyclic) bond motifs is 1. The van der Waals surface area contributed by atoms with E-state index in [2.05, 4.69) is 9.98 Å². The van der Waals surface area contributed by atoms with Crippen molar-refractivity contribution in [2.24, 2.45) is 4.99 Å². The van der Waals surface area contributed by atoms with E-state index in [9.17, 15) is 0 Å². The van der Waals surface area contributed by atoms with Crippen molar-refractivity contribution in [3.63, 3.8) is 0 Å². The number of pyridine rings is 1. The average molecular weight is 148 g/mol. The predicted octanol–water partition coefficient (Wildman–Crippen LogP) is 2.37. The summed E-state index contributed by atoms with van der Waals surface area (Å²) in [6, 6.07) is 3.88. The molecule has 2 heteroatoms. The van der Waals surface area contributed by atoms with Crippen molar-refractivity contribution in [1.82, 2.24) is 4.98 Å². The zero-order chi connectivity index (χ0) is 8.10. The highest BCUT2D eigenvalue weighted by Gasteiger charge is 2.03. The van der Waals surface area contributed by atoms with E-state index < -0.39 is 0 Å². The molecule has 0 fully saturated rings. The molecule has 0 saturated carbocycles. The molecule has 0 saturated heterocycles. The van der Waals surface area contributed by atoms with Crippen LogP contribution >= 0.6 is 0 Å². The molecule has 0 spiro atoms. The smallest absolute Gasteiger partial charge is 0.0844 e. The average Bonchev–Trinajstić information content (AvgIpc) is 2.55. The van der Waals surface area contributed by atoms with Crippen molar-refractivity contribution in [2.45, 2.75) is 20.3 Å². The number of hydrogen-bond donors (Lipinski definition) is 0. The highest BCUT2D eigenvalue weighted by molar-refractivity contribution is 5.73. The van der Waals surface area contributed by atoms with Gasteiger partial charge in [-0.05, 0) is 12.1 Å². The maximum Gasteiger partial charge on any atom is 0.0844 e. The number of aromatic nitrogens is 1. The third-order valence-corrected chi connectivity index (χ3v) is 1.38. The largest absolute Gasteiger partial charge is 0.259 e. The quantitative estimate of drug-likeness (QED) is 0.554. The molecule has 2 nitrogen and oxygen atoms in total. The normalized spacial score (nSPS) is 11.8. The van der Waals surface area contributed by atoms with Gasteiger partial charge in [0, 0.05) is 18.8 Å². The summed E-state index contributed by atoms with van der Waals surface area (Å²) in [6.07, 6.45) is 4.58. The van der Waals surface area contributed by atoms with Gasteiger partial charge >= 0.3 is 0 Å². The van der Waals surface area contributed by atoms with Crippen molar-refractivity contribution in [3.8, 4) is 0 Å². The second kappa shape index (κ2) is 3.86. The summed E-state index contributed by atoms with van der Waals surface area (Å²) in [5.41, 5.74) is 2.12. The lowest BCUT2D eigenvalue weighted by molar-refractivity contribution is 1.18. The topological polar surface area (TPSA) is 25.2 Å². The van der Waals surface area contributed by atoms with E-state index in [1.165, 1.54) is 0 Å². The van der Waals surface area contributed by atoms with E-state index in [4.69, 9.17) is 0 Å². The first-order valence-corrected chi connectivity index (χ1v) is 3.93. The van der Waals surface area contributed by atoms with Gasteiger partial charge in [-0.2, -0.15) is 0 Å². The third-order valence-electron chi connectivity index (χ3n) is 1.38. The Morgan fingerprint density at radius 2 is 2.18 bits per heavy atom. The lowest BCUT2D eigenvalue weighted by atomic mass is 10.3. The van der Waals surface area contributed by atoms with E-state index >= 15 is 0 Å². The molecule has 0 N–H and O–H groups in total. The van der Waals surface area contributed by atoms with Crippen LogP contribution in [0.5, 0.6) is 0 Å². The Bertz CT molecular complexity index is 253. The number of nitrogens with zero attached hydrogens (tertiary/aromatic N) is 2. The Morgan fingerprint density at radius 1 is 1.36 bits per heavy atom. The van der Waals surface area contributed by atoms with Gasteiger partial charge in [0.1, 0.15) is 0 Å². The van der Waals surface area contributed by atoms with Crippen LogP contribution in [0.3, 0.4) is 0 Å². The number of aliphatic imine (C=N–C) groups is 1. The van der Waals surface area contributed by atoms with E-state index in [1.54, 1.807) is 6.20 Å². The molecule has 0 bridgehead atoms. The predicted molar refractivity (Wildman–Crippen MR) is 47.4 cm³/mol.